The SMILES string of the molecule is CC(/C=C(/C)O)=NC1CCCCC1.Cc1cccc2nc3c(cc12)Oc1cccc2cc[c-]c-3c12.[Ir]. The van der Waals surface area contributed by atoms with E-state index in [2.05, 4.69) is 42.2 Å². The van der Waals surface area contributed by atoms with E-state index in [1.807, 2.05) is 37.3 Å². The first-order valence-corrected chi connectivity index (χ1v) is 12.4. The van der Waals surface area contributed by atoms with E-state index in [4.69, 9.17) is 14.8 Å². The second-order valence-electron chi connectivity index (χ2n) is 9.50. The van der Waals surface area contributed by atoms with Gasteiger partial charge < -0.3 is 9.84 Å². The molecule has 1 radical (unpaired) electrons. The number of aliphatic imine (C=N–C) groups is 1. The van der Waals surface area contributed by atoms with Crippen LogP contribution < -0.4 is 4.74 Å². The Labute approximate surface area is 226 Å². The Morgan fingerprint density at radius 3 is 2.61 bits per heavy atom. The van der Waals surface area contributed by atoms with Gasteiger partial charge in [-0.1, -0.05) is 54.3 Å². The van der Waals surface area contributed by atoms with Crippen LogP contribution in [0, 0.1) is 13.0 Å². The quantitative estimate of drug-likeness (QED) is 0.118. The summed E-state index contributed by atoms with van der Waals surface area (Å²) in [6.45, 7) is 5.73. The van der Waals surface area contributed by atoms with Gasteiger partial charge in [0.05, 0.1) is 23.1 Å². The molecule has 1 aliphatic heterocycles. The van der Waals surface area contributed by atoms with Crippen LogP contribution in [0.25, 0.3) is 32.9 Å². The number of aliphatic hydroxyl groups excluding tert-OH is 1. The van der Waals surface area contributed by atoms with E-state index in [0.29, 0.717) is 11.8 Å². The number of hydrogen-bond acceptors (Lipinski definition) is 4. The average molecular weight is 656 g/mol. The van der Waals surface area contributed by atoms with Crippen molar-refractivity contribution >= 4 is 27.4 Å². The van der Waals surface area contributed by atoms with Crippen LogP contribution in [0.5, 0.6) is 11.5 Å². The first-order valence-electron chi connectivity index (χ1n) is 12.4. The third-order valence-electron chi connectivity index (χ3n) is 6.68. The van der Waals surface area contributed by atoms with E-state index in [9.17, 15) is 0 Å². The molecule has 0 saturated heterocycles. The van der Waals surface area contributed by atoms with Gasteiger partial charge in [0.15, 0.2) is 0 Å². The van der Waals surface area contributed by atoms with Gasteiger partial charge in [-0.2, -0.15) is 0 Å². The Bertz CT molecular complexity index is 1440. The van der Waals surface area contributed by atoms with Gasteiger partial charge in [0.1, 0.15) is 5.75 Å². The molecule has 0 amide bonds. The van der Waals surface area contributed by atoms with E-state index < -0.39 is 0 Å². The summed E-state index contributed by atoms with van der Waals surface area (Å²) in [5.41, 5.74) is 5.05. The van der Waals surface area contributed by atoms with Crippen LogP contribution in [-0.4, -0.2) is 21.8 Å². The van der Waals surface area contributed by atoms with Gasteiger partial charge in [0.2, 0.25) is 0 Å². The van der Waals surface area contributed by atoms with E-state index >= 15 is 0 Å². The van der Waals surface area contributed by atoms with Crippen molar-refractivity contribution in [2.24, 2.45) is 4.99 Å². The second kappa shape index (κ2) is 11.4. The summed E-state index contributed by atoms with van der Waals surface area (Å²) in [5, 5.41) is 12.4. The number of aromatic nitrogens is 1. The zero-order valence-electron chi connectivity index (χ0n) is 21.0. The molecule has 2 heterocycles. The van der Waals surface area contributed by atoms with E-state index in [-0.39, 0.29) is 20.1 Å². The van der Waals surface area contributed by atoms with Gasteiger partial charge in [-0.25, -0.2) is 0 Å². The van der Waals surface area contributed by atoms with Crippen molar-refractivity contribution in [1.82, 2.24) is 4.98 Å². The molecule has 0 unspecified atom stereocenters. The van der Waals surface area contributed by atoms with E-state index in [0.717, 1.165) is 50.1 Å². The summed E-state index contributed by atoms with van der Waals surface area (Å²) in [6.07, 6.45) is 8.15. The summed E-state index contributed by atoms with van der Waals surface area (Å²) in [5.74, 6) is 2.04. The van der Waals surface area contributed by atoms with Crippen molar-refractivity contribution in [2.45, 2.75) is 58.9 Å². The van der Waals surface area contributed by atoms with Crippen molar-refractivity contribution in [3.05, 3.63) is 78.1 Å². The summed E-state index contributed by atoms with van der Waals surface area (Å²) in [6, 6.07) is 22.3. The molecule has 4 aromatic rings. The van der Waals surface area contributed by atoms with Crippen molar-refractivity contribution in [3.8, 4) is 22.8 Å². The van der Waals surface area contributed by atoms with Crippen LogP contribution in [0.1, 0.15) is 51.5 Å². The maximum Gasteiger partial charge on any atom is 0.111 e. The van der Waals surface area contributed by atoms with Crippen molar-refractivity contribution in [1.29, 1.82) is 0 Å². The summed E-state index contributed by atoms with van der Waals surface area (Å²) < 4.78 is 6.13. The molecule has 36 heavy (non-hydrogen) atoms. The fourth-order valence-electron chi connectivity index (χ4n) is 5.05. The van der Waals surface area contributed by atoms with Crippen molar-refractivity contribution in [2.75, 3.05) is 0 Å². The van der Waals surface area contributed by atoms with Gasteiger partial charge in [0, 0.05) is 36.9 Å². The first-order chi connectivity index (χ1) is 17.0. The Kier molecular flexibility index (Phi) is 8.23. The van der Waals surface area contributed by atoms with E-state index in [1.165, 1.54) is 37.7 Å². The molecule has 5 heteroatoms. The fraction of sp³-hybridized carbons (Fsp3) is 0.290. The number of benzene rings is 3. The zero-order valence-corrected chi connectivity index (χ0v) is 23.4. The number of hydrogen-bond donors (Lipinski definition) is 1. The monoisotopic (exact) mass is 656 g/mol. The number of rotatable bonds is 2. The van der Waals surface area contributed by atoms with Gasteiger partial charge in [-0.3, -0.25) is 9.98 Å². The molecule has 1 aliphatic carbocycles. The van der Waals surface area contributed by atoms with Crippen LogP contribution in [0.15, 0.2) is 71.4 Å². The minimum absolute atomic E-state index is 0. The summed E-state index contributed by atoms with van der Waals surface area (Å²) in [4.78, 5) is 9.40. The zero-order chi connectivity index (χ0) is 24.4. The fourth-order valence-corrected chi connectivity index (χ4v) is 5.05. The molecular formula is C31H31IrN2O2-. The number of aliphatic hydroxyl groups is 1. The molecule has 0 bridgehead atoms. The van der Waals surface area contributed by atoms with Crippen LogP contribution in [-0.2, 0) is 20.1 Å². The van der Waals surface area contributed by atoms with Crippen LogP contribution >= 0.6 is 0 Å². The second-order valence-corrected chi connectivity index (χ2v) is 9.50. The number of fused-ring (bicyclic) bond motifs is 3. The molecule has 187 valence electrons. The Morgan fingerprint density at radius 2 is 1.83 bits per heavy atom. The molecule has 6 rings (SSSR count). The summed E-state index contributed by atoms with van der Waals surface area (Å²) in [7, 11) is 0. The topological polar surface area (TPSA) is 54.7 Å². The molecule has 1 N–H and O–H groups in total. The molecule has 2 aliphatic rings. The largest absolute Gasteiger partial charge is 0.513 e. The normalized spacial score (nSPS) is 15.4. The maximum atomic E-state index is 9.03. The molecule has 1 fully saturated rings. The van der Waals surface area contributed by atoms with Crippen LogP contribution in [0.2, 0.25) is 0 Å². The van der Waals surface area contributed by atoms with E-state index in [1.54, 1.807) is 13.0 Å². The summed E-state index contributed by atoms with van der Waals surface area (Å²) >= 11 is 0. The maximum absolute atomic E-state index is 9.03. The Morgan fingerprint density at radius 1 is 1.06 bits per heavy atom. The third kappa shape index (κ3) is 5.53. The third-order valence-corrected chi connectivity index (χ3v) is 6.68. The molecular weight excluding hydrogens is 625 g/mol. The minimum atomic E-state index is 0. The van der Waals surface area contributed by atoms with Crippen LogP contribution in [0.4, 0.5) is 0 Å². The van der Waals surface area contributed by atoms with Crippen LogP contribution in [0.3, 0.4) is 0 Å². The van der Waals surface area contributed by atoms with Crippen molar-refractivity contribution in [3.63, 3.8) is 0 Å². The number of pyridine rings is 1. The molecule has 1 aromatic heterocycles. The molecule has 0 atom stereocenters. The van der Waals surface area contributed by atoms with Gasteiger partial charge >= 0.3 is 0 Å². The predicted octanol–water partition coefficient (Wildman–Crippen LogP) is 8.51. The molecule has 1 saturated carbocycles. The molecule has 0 spiro atoms. The van der Waals surface area contributed by atoms with Crippen molar-refractivity contribution < 1.29 is 29.9 Å². The average Bonchev–Trinajstić information content (AvgIpc) is 2.84. The smallest absolute Gasteiger partial charge is 0.111 e. The first kappa shape index (κ1) is 26.1. The predicted molar refractivity (Wildman–Crippen MR) is 145 cm³/mol. The minimum Gasteiger partial charge on any atom is -0.513 e. The number of aryl methyl sites for hydroxylation is 1. The number of nitrogens with zero attached hydrogens (tertiary/aromatic N) is 2. The number of ether oxygens (including phenoxy) is 1. The van der Waals surface area contributed by atoms with Gasteiger partial charge in [-0.05, 0) is 63.5 Å². The standard InChI is InChI=1S/C20H12NO.C11H19NO.Ir/c1-12-5-2-9-16-15(12)11-18-20(21-16)14-8-3-6-13-7-4-10-17(22-18)19(13)14;1-9(8-10(2)13)12-11-6-4-3-5-7-11;/h2-7,9-11H,1H3;8,11,13H,3-7H2,1-2H3;/q-1;;/b;10-8-,12-9?;. The molecule has 4 nitrogen and oxygen atoms in total. The van der Waals surface area contributed by atoms with Gasteiger partial charge in [0.25, 0.3) is 0 Å². The van der Waals surface area contributed by atoms with Gasteiger partial charge in [-0.15, -0.1) is 23.8 Å². The number of allylic oxidation sites excluding steroid dienone is 2. The Hall–Kier alpha value is -3.01. The molecule has 3 aromatic carbocycles. The Balaban J connectivity index is 0.000000189.